The second-order valence-electron chi connectivity index (χ2n) is 4.78. The van der Waals surface area contributed by atoms with Crippen molar-refractivity contribution in [1.82, 2.24) is 9.97 Å². The Bertz CT molecular complexity index is 594. The number of nitrogens with zero attached hydrogens (tertiary/aromatic N) is 3. The third kappa shape index (κ3) is 2.77. The van der Waals surface area contributed by atoms with Gasteiger partial charge in [-0.05, 0) is 25.0 Å². The van der Waals surface area contributed by atoms with Gasteiger partial charge < -0.3 is 10.2 Å². The SMILES string of the molecule is O=C(Nc1ccccc1)c1cc(N2CCCC2)ncn1. The Hall–Kier alpha value is -2.43. The average Bonchev–Trinajstić information content (AvgIpc) is 3.03. The fourth-order valence-corrected chi connectivity index (χ4v) is 2.31. The highest BCUT2D eigenvalue weighted by atomic mass is 16.1. The lowest BCUT2D eigenvalue weighted by Crippen LogP contribution is -2.21. The summed E-state index contributed by atoms with van der Waals surface area (Å²) in [5.74, 6) is 0.620. The van der Waals surface area contributed by atoms with Crippen LogP contribution in [0.4, 0.5) is 11.5 Å². The number of carbonyl (C=O) groups excluding carboxylic acids is 1. The van der Waals surface area contributed by atoms with Crippen LogP contribution in [-0.4, -0.2) is 29.0 Å². The molecule has 102 valence electrons. The molecule has 5 nitrogen and oxygen atoms in total. The summed E-state index contributed by atoms with van der Waals surface area (Å²) in [6.45, 7) is 1.99. The van der Waals surface area contributed by atoms with Crippen LogP contribution in [0.5, 0.6) is 0 Å². The van der Waals surface area contributed by atoms with Crippen LogP contribution in [0.2, 0.25) is 0 Å². The van der Waals surface area contributed by atoms with Gasteiger partial charge in [-0.15, -0.1) is 0 Å². The first-order chi connectivity index (χ1) is 9.83. The largest absolute Gasteiger partial charge is 0.357 e. The van der Waals surface area contributed by atoms with Gasteiger partial charge in [-0.3, -0.25) is 4.79 Å². The van der Waals surface area contributed by atoms with Gasteiger partial charge in [-0.25, -0.2) is 9.97 Å². The maximum atomic E-state index is 12.2. The molecule has 3 rings (SSSR count). The number of rotatable bonds is 3. The quantitative estimate of drug-likeness (QED) is 0.928. The average molecular weight is 268 g/mol. The summed E-state index contributed by atoms with van der Waals surface area (Å²) in [7, 11) is 0. The molecule has 1 aliphatic heterocycles. The van der Waals surface area contributed by atoms with Gasteiger partial charge in [0.05, 0.1) is 0 Å². The molecule has 0 bridgehead atoms. The van der Waals surface area contributed by atoms with Crippen molar-refractivity contribution in [2.45, 2.75) is 12.8 Å². The number of anilines is 2. The van der Waals surface area contributed by atoms with Gasteiger partial charge in [0.2, 0.25) is 0 Å². The van der Waals surface area contributed by atoms with Gasteiger partial charge >= 0.3 is 0 Å². The predicted molar refractivity (Wildman–Crippen MR) is 77.9 cm³/mol. The summed E-state index contributed by atoms with van der Waals surface area (Å²) >= 11 is 0. The molecule has 0 atom stereocenters. The van der Waals surface area contributed by atoms with Crippen molar-refractivity contribution >= 4 is 17.4 Å². The number of aromatic nitrogens is 2. The maximum Gasteiger partial charge on any atom is 0.274 e. The molecule has 1 aromatic heterocycles. The fourth-order valence-electron chi connectivity index (χ4n) is 2.31. The Morgan fingerprint density at radius 3 is 2.60 bits per heavy atom. The molecule has 1 N–H and O–H groups in total. The molecule has 0 radical (unpaired) electrons. The minimum atomic E-state index is -0.209. The van der Waals surface area contributed by atoms with Crippen LogP contribution in [-0.2, 0) is 0 Å². The van der Waals surface area contributed by atoms with Crippen molar-refractivity contribution in [2.24, 2.45) is 0 Å². The minimum absolute atomic E-state index is 0.209. The van der Waals surface area contributed by atoms with E-state index in [0.29, 0.717) is 5.69 Å². The second kappa shape index (κ2) is 5.69. The molecule has 0 saturated carbocycles. The van der Waals surface area contributed by atoms with E-state index in [0.717, 1.165) is 24.6 Å². The first-order valence-corrected chi connectivity index (χ1v) is 6.76. The van der Waals surface area contributed by atoms with Crippen molar-refractivity contribution in [3.8, 4) is 0 Å². The molecular formula is C15H16N4O. The predicted octanol–water partition coefficient (Wildman–Crippen LogP) is 2.33. The van der Waals surface area contributed by atoms with Crippen LogP contribution in [0.3, 0.4) is 0 Å². The highest BCUT2D eigenvalue weighted by Crippen LogP contribution is 2.18. The molecule has 1 saturated heterocycles. The van der Waals surface area contributed by atoms with E-state index in [1.807, 2.05) is 30.3 Å². The molecule has 0 spiro atoms. The van der Waals surface area contributed by atoms with E-state index in [4.69, 9.17) is 0 Å². The van der Waals surface area contributed by atoms with Crippen molar-refractivity contribution in [3.05, 3.63) is 48.4 Å². The van der Waals surface area contributed by atoms with Crippen molar-refractivity contribution < 1.29 is 4.79 Å². The third-order valence-corrected chi connectivity index (χ3v) is 3.35. The van der Waals surface area contributed by atoms with Crippen LogP contribution >= 0.6 is 0 Å². The lowest BCUT2D eigenvalue weighted by atomic mass is 10.3. The number of para-hydroxylation sites is 1. The standard InChI is InChI=1S/C15H16N4O/c20-15(18-12-6-2-1-3-7-12)13-10-14(17-11-16-13)19-8-4-5-9-19/h1-3,6-7,10-11H,4-5,8-9H2,(H,18,20). The normalized spacial score (nSPS) is 14.3. The summed E-state index contributed by atoms with van der Waals surface area (Å²) in [6.07, 6.45) is 3.80. The molecule has 5 heteroatoms. The maximum absolute atomic E-state index is 12.2. The number of amides is 1. The zero-order valence-electron chi connectivity index (χ0n) is 11.1. The Labute approximate surface area is 117 Å². The lowest BCUT2D eigenvalue weighted by molar-refractivity contribution is 0.102. The Kier molecular flexibility index (Phi) is 3.58. The van der Waals surface area contributed by atoms with Crippen LogP contribution < -0.4 is 10.2 Å². The van der Waals surface area contributed by atoms with E-state index < -0.39 is 0 Å². The summed E-state index contributed by atoms with van der Waals surface area (Å²) in [5, 5.41) is 2.83. The summed E-state index contributed by atoms with van der Waals surface area (Å²) in [6, 6.07) is 11.1. The third-order valence-electron chi connectivity index (χ3n) is 3.35. The van der Waals surface area contributed by atoms with Crippen LogP contribution in [0.15, 0.2) is 42.7 Å². The van der Waals surface area contributed by atoms with Crippen LogP contribution in [0, 0.1) is 0 Å². The smallest absolute Gasteiger partial charge is 0.274 e. The van der Waals surface area contributed by atoms with E-state index in [1.165, 1.54) is 19.2 Å². The Morgan fingerprint density at radius 2 is 1.85 bits per heavy atom. The topological polar surface area (TPSA) is 58.1 Å². The zero-order chi connectivity index (χ0) is 13.8. The van der Waals surface area contributed by atoms with E-state index in [9.17, 15) is 4.79 Å². The zero-order valence-corrected chi connectivity index (χ0v) is 11.1. The Morgan fingerprint density at radius 1 is 1.10 bits per heavy atom. The van der Waals surface area contributed by atoms with Gasteiger partial charge in [0.25, 0.3) is 5.91 Å². The summed E-state index contributed by atoms with van der Waals surface area (Å²) < 4.78 is 0. The molecule has 1 aromatic carbocycles. The monoisotopic (exact) mass is 268 g/mol. The van der Waals surface area contributed by atoms with Crippen LogP contribution in [0.25, 0.3) is 0 Å². The van der Waals surface area contributed by atoms with Gasteiger partial charge in [0.1, 0.15) is 17.8 Å². The molecule has 1 amide bonds. The number of benzene rings is 1. The first-order valence-electron chi connectivity index (χ1n) is 6.76. The van der Waals surface area contributed by atoms with Crippen molar-refractivity contribution in [2.75, 3.05) is 23.3 Å². The van der Waals surface area contributed by atoms with E-state index in [-0.39, 0.29) is 5.91 Å². The second-order valence-corrected chi connectivity index (χ2v) is 4.78. The van der Waals surface area contributed by atoms with E-state index in [2.05, 4.69) is 20.2 Å². The molecule has 0 aliphatic carbocycles. The number of carbonyl (C=O) groups is 1. The molecule has 2 heterocycles. The molecule has 1 fully saturated rings. The Balaban J connectivity index is 1.76. The number of hydrogen-bond acceptors (Lipinski definition) is 4. The number of nitrogens with one attached hydrogen (secondary N) is 1. The fraction of sp³-hybridized carbons (Fsp3) is 0.267. The first kappa shape index (κ1) is 12.6. The highest BCUT2D eigenvalue weighted by molar-refractivity contribution is 6.03. The molecular weight excluding hydrogens is 252 g/mol. The summed E-state index contributed by atoms with van der Waals surface area (Å²) in [4.78, 5) is 22.6. The summed E-state index contributed by atoms with van der Waals surface area (Å²) in [5.41, 5.74) is 1.16. The molecule has 0 unspecified atom stereocenters. The molecule has 20 heavy (non-hydrogen) atoms. The minimum Gasteiger partial charge on any atom is -0.357 e. The van der Waals surface area contributed by atoms with Crippen molar-refractivity contribution in [3.63, 3.8) is 0 Å². The van der Waals surface area contributed by atoms with E-state index in [1.54, 1.807) is 6.07 Å². The van der Waals surface area contributed by atoms with Crippen LogP contribution in [0.1, 0.15) is 23.3 Å². The lowest BCUT2D eigenvalue weighted by Gasteiger charge is -2.16. The van der Waals surface area contributed by atoms with Gasteiger partial charge in [-0.1, -0.05) is 18.2 Å². The van der Waals surface area contributed by atoms with Gasteiger partial charge in [0, 0.05) is 24.8 Å². The highest BCUT2D eigenvalue weighted by Gasteiger charge is 2.16. The molecule has 2 aromatic rings. The van der Waals surface area contributed by atoms with Crippen molar-refractivity contribution in [1.29, 1.82) is 0 Å². The molecule has 1 aliphatic rings. The number of hydrogen-bond donors (Lipinski definition) is 1. The van der Waals surface area contributed by atoms with Gasteiger partial charge in [-0.2, -0.15) is 0 Å². The van der Waals surface area contributed by atoms with Gasteiger partial charge in [0.15, 0.2) is 0 Å². The van der Waals surface area contributed by atoms with E-state index >= 15 is 0 Å².